The van der Waals surface area contributed by atoms with Crippen LogP contribution in [-0.4, -0.2) is 12.3 Å². The average molecular weight is 321 g/mol. The van der Waals surface area contributed by atoms with E-state index in [0.29, 0.717) is 0 Å². The third-order valence-electron chi connectivity index (χ3n) is 4.26. The van der Waals surface area contributed by atoms with Crippen molar-refractivity contribution in [2.75, 3.05) is 11.4 Å². The van der Waals surface area contributed by atoms with Crippen LogP contribution in [0.1, 0.15) is 15.9 Å². The van der Waals surface area contributed by atoms with E-state index >= 15 is 0 Å². The third kappa shape index (κ3) is 2.52. The summed E-state index contributed by atoms with van der Waals surface area (Å²) in [5.41, 5.74) is 8.11. The summed E-state index contributed by atoms with van der Waals surface area (Å²) in [5, 5.41) is 9.45. The zero-order chi connectivity index (χ0) is 17.3. The third-order valence-corrected chi connectivity index (χ3v) is 4.26. The molecule has 24 heavy (non-hydrogen) atoms. The lowest BCUT2D eigenvalue weighted by Gasteiger charge is -2.22. The van der Waals surface area contributed by atoms with Gasteiger partial charge in [-0.2, -0.15) is 5.26 Å². The number of para-hydroxylation sites is 1. The highest BCUT2D eigenvalue weighted by Gasteiger charge is 2.37. The largest absolute Gasteiger partial charge is 0.384 e. The molecule has 2 aromatic rings. The number of ketones is 1. The van der Waals surface area contributed by atoms with E-state index in [4.69, 9.17) is 5.73 Å². The van der Waals surface area contributed by atoms with E-state index in [9.17, 15) is 14.4 Å². The fraction of sp³-hybridized carbons (Fsp3) is 0.158. The number of rotatable bonds is 3. The van der Waals surface area contributed by atoms with Crippen molar-refractivity contribution in [2.24, 2.45) is 11.7 Å². The van der Waals surface area contributed by atoms with Gasteiger partial charge in [-0.25, -0.2) is 4.39 Å². The first kappa shape index (κ1) is 15.8. The molecule has 1 aliphatic rings. The number of nitrogens with zero attached hydrogens (tertiary/aromatic N) is 2. The smallest absolute Gasteiger partial charge is 0.175 e. The molecule has 2 aromatic carbocycles. The van der Waals surface area contributed by atoms with Crippen LogP contribution >= 0.6 is 0 Å². The molecule has 3 rings (SSSR count). The topological polar surface area (TPSA) is 70.1 Å². The van der Waals surface area contributed by atoms with Gasteiger partial charge >= 0.3 is 0 Å². The maximum atomic E-state index is 13.9. The molecule has 1 aliphatic heterocycles. The number of anilines is 1. The molecule has 1 unspecified atom stereocenters. The molecule has 0 aliphatic carbocycles. The van der Waals surface area contributed by atoms with Gasteiger partial charge in [-0.3, -0.25) is 4.79 Å². The summed E-state index contributed by atoms with van der Waals surface area (Å²) in [7, 11) is 0. The van der Waals surface area contributed by atoms with E-state index in [-0.39, 0.29) is 23.5 Å². The van der Waals surface area contributed by atoms with Gasteiger partial charge in [-0.1, -0.05) is 30.3 Å². The standard InChI is InChI=1S/C19H16FN3O/c1-12-6-2-5-9-17(12)23-11-15(14(10-21)19(23)22)18(24)13-7-3-4-8-16(13)20/h2-9,15H,11,22H2,1H3. The highest BCUT2D eigenvalue weighted by Crippen LogP contribution is 2.34. The van der Waals surface area contributed by atoms with E-state index in [0.717, 1.165) is 11.3 Å². The lowest BCUT2D eigenvalue weighted by molar-refractivity contribution is 0.0944. The Kier molecular flexibility index (Phi) is 4.05. The molecule has 0 radical (unpaired) electrons. The van der Waals surface area contributed by atoms with Gasteiger partial charge in [0, 0.05) is 12.2 Å². The van der Waals surface area contributed by atoms with E-state index in [1.165, 1.54) is 18.2 Å². The molecule has 0 fully saturated rings. The molecule has 120 valence electrons. The number of nitriles is 1. The Morgan fingerprint density at radius 1 is 1.25 bits per heavy atom. The summed E-state index contributed by atoms with van der Waals surface area (Å²) in [5.74, 6) is -1.54. The number of hydrogen-bond donors (Lipinski definition) is 1. The minimum Gasteiger partial charge on any atom is -0.384 e. The van der Waals surface area contributed by atoms with E-state index in [1.54, 1.807) is 11.0 Å². The zero-order valence-electron chi connectivity index (χ0n) is 13.2. The summed E-state index contributed by atoms with van der Waals surface area (Å²) in [6.45, 7) is 2.16. The van der Waals surface area contributed by atoms with Crippen LogP contribution in [0.3, 0.4) is 0 Å². The number of carbonyl (C=O) groups excluding carboxylic acids is 1. The Morgan fingerprint density at radius 3 is 2.58 bits per heavy atom. The van der Waals surface area contributed by atoms with Gasteiger partial charge < -0.3 is 10.6 Å². The SMILES string of the molecule is Cc1ccccc1N1CC(C(=O)c2ccccc2F)C(C#N)=C1N. The predicted octanol–water partition coefficient (Wildman–Crippen LogP) is 3.15. The first-order chi connectivity index (χ1) is 11.5. The fourth-order valence-electron chi connectivity index (χ4n) is 2.99. The molecular weight excluding hydrogens is 305 g/mol. The molecule has 1 atom stereocenters. The van der Waals surface area contributed by atoms with Crippen molar-refractivity contribution in [3.63, 3.8) is 0 Å². The van der Waals surface area contributed by atoms with E-state index < -0.39 is 17.5 Å². The number of carbonyl (C=O) groups is 1. The predicted molar refractivity (Wildman–Crippen MR) is 89.6 cm³/mol. The van der Waals surface area contributed by atoms with Gasteiger partial charge in [0.25, 0.3) is 0 Å². The van der Waals surface area contributed by atoms with Crippen LogP contribution in [0.15, 0.2) is 59.9 Å². The number of aryl methyl sites for hydroxylation is 1. The van der Waals surface area contributed by atoms with E-state index in [1.807, 2.05) is 37.3 Å². The first-order valence-electron chi connectivity index (χ1n) is 7.56. The molecule has 0 bridgehead atoms. The Morgan fingerprint density at radius 2 is 1.92 bits per heavy atom. The lowest BCUT2D eigenvalue weighted by Crippen LogP contribution is -2.28. The molecule has 4 nitrogen and oxygen atoms in total. The molecule has 0 saturated carbocycles. The number of Topliss-reactive ketones (excluding diaryl/α,β-unsaturated/α-hetero) is 1. The quantitative estimate of drug-likeness (QED) is 0.882. The summed E-state index contributed by atoms with van der Waals surface area (Å²) < 4.78 is 13.9. The summed E-state index contributed by atoms with van der Waals surface area (Å²) in [6.07, 6.45) is 0. The number of halogens is 1. The van der Waals surface area contributed by atoms with Gasteiger partial charge in [-0.05, 0) is 30.7 Å². The molecular formula is C19H16FN3O. The van der Waals surface area contributed by atoms with Crippen molar-refractivity contribution < 1.29 is 9.18 Å². The van der Waals surface area contributed by atoms with Gasteiger partial charge in [-0.15, -0.1) is 0 Å². The van der Waals surface area contributed by atoms with Crippen molar-refractivity contribution in [1.82, 2.24) is 0 Å². The van der Waals surface area contributed by atoms with Crippen molar-refractivity contribution in [2.45, 2.75) is 6.92 Å². The van der Waals surface area contributed by atoms with Crippen LogP contribution in [-0.2, 0) is 0 Å². The molecule has 5 heteroatoms. The fourth-order valence-corrected chi connectivity index (χ4v) is 2.99. The van der Waals surface area contributed by atoms with Crippen molar-refractivity contribution in [3.05, 3.63) is 76.9 Å². The zero-order valence-corrected chi connectivity index (χ0v) is 13.2. The van der Waals surface area contributed by atoms with Gasteiger partial charge in [0.05, 0.1) is 23.1 Å². The Bertz CT molecular complexity index is 882. The Balaban J connectivity index is 2.00. The van der Waals surface area contributed by atoms with Crippen LogP contribution in [0.2, 0.25) is 0 Å². The highest BCUT2D eigenvalue weighted by atomic mass is 19.1. The lowest BCUT2D eigenvalue weighted by atomic mass is 9.92. The van der Waals surface area contributed by atoms with Gasteiger partial charge in [0.15, 0.2) is 5.78 Å². The van der Waals surface area contributed by atoms with Gasteiger partial charge in [0.1, 0.15) is 11.6 Å². The number of benzene rings is 2. The van der Waals surface area contributed by atoms with E-state index in [2.05, 4.69) is 0 Å². The minimum atomic E-state index is -0.772. The molecule has 0 spiro atoms. The monoisotopic (exact) mass is 321 g/mol. The minimum absolute atomic E-state index is 0.0188. The highest BCUT2D eigenvalue weighted by molar-refractivity contribution is 6.01. The van der Waals surface area contributed by atoms with Crippen LogP contribution in [0.4, 0.5) is 10.1 Å². The number of nitrogens with two attached hydrogens (primary N) is 1. The van der Waals surface area contributed by atoms with Crippen LogP contribution in [0.25, 0.3) is 0 Å². The second-order valence-electron chi connectivity index (χ2n) is 5.70. The maximum Gasteiger partial charge on any atom is 0.175 e. The van der Waals surface area contributed by atoms with Crippen molar-refractivity contribution in [3.8, 4) is 6.07 Å². The molecule has 0 aromatic heterocycles. The molecule has 1 heterocycles. The Labute approximate surface area is 139 Å². The maximum absolute atomic E-state index is 13.9. The van der Waals surface area contributed by atoms with Crippen molar-refractivity contribution >= 4 is 11.5 Å². The summed E-state index contributed by atoms with van der Waals surface area (Å²) in [6, 6.07) is 15.4. The van der Waals surface area contributed by atoms with Crippen molar-refractivity contribution in [1.29, 1.82) is 5.26 Å². The molecule has 0 amide bonds. The second kappa shape index (κ2) is 6.17. The van der Waals surface area contributed by atoms with Crippen LogP contribution in [0.5, 0.6) is 0 Å². The van der Waals surface area contributed by atoms with Crippen LogP contribution in [0, 0.1) is 30.0 Å². The summed E-state index contributed by atoms with van der Waals surface area (Å²) in [4.78, 5) is 14.5. The average Bonchev–Trinajstić information content (AvgIpc) is 2.91. The molecule has 0 saturated heterocycles. The second-order valence-corrected chi connectivity index (χ2v) is 5.70. The molecule has 2 N–H and O–H groups in total. The van der Waals surface area contributed by atoms with Gasteiger partial charge in [0.2, 0.25) is 0 Å². The Hall–Kier alpha value is -3.13. The summed E-state index contributed by atoms with van der Waals surface area (Å²) >= 11 is 0. The normalized spacial score (nSPS) is 17.0. The number of hydrogen-bond acceptors (Lipinski definition) is 4. The van der Waals surface area contributed by atoms with Crippen LogP contribution < -0.4 is 10.6 Å². The first-order valence-corrected chi connectivity index (χ1v) is 7.56.